The molecule has 0 N–H and O–H groups in total. The first-order chi connectivity index (χ1) is 21.1. The summed E-state index contributed by atoms with van der Waals surface area (Å²) in [6, 6.07) is 38.5. The number of aromatic nitrogens is 3. The maximum Gasteiger partial charge on any atom is 0.336 e. The summed E-state index contributed by atoms with van der Waals surface area (Å²) in [7, 11) is 0. The molecule has 0 saturated carbocycles. The molecule has 218 valence electrons. The van der Waals surface area contributed by atoms with Gasteiger partial charge in [-0.15, -0.1) is 0 Å². The molecule has 7 nitrogen and oxygen atoms in total. The van der Waals surface area contributed by atoms with Crippen LogP contribution in [0.4, 0.5) is 0 Å². The average molecular weight is 574 g/mol. The molecule has 0 aliphatic carbocycles. The molecule has 1 saturated heterocycles. The monoisotopic (exact) mass is 573 g/mol. The van der Waals surface area contributed by atoms with E-state index in [1.165, 1.54) is 13.7 Å². The van der Waals surface area contributed by atoms with Crippen molar-refractivity contribution in [3.05, 3.63) is 175 Å². The minimum absolute atomic E-state index is 0.116. The molecular weight excluding hydrogens is 538 g/mol. The molecule has 7 heteroatoms. The van der Waals surface area contributed by atoms with Crippen LogP contribution in [0.2, 0.25) is 0 Å². The second-order valence-corrected chi connectivity index (χ2v) is 11.2. The third-order valence-electron chi connectivity index (χ3n) is 8.06. The van der Waals surface area contributed by atoms with Gasteiger partial charge in [0.05, 0.1) is 31.3 Å². The van der Waals surface area contributed by atoms with Gasteiger partial charge in [0, 0.05) is 0 Å². The van der Waals surface area contributed by atoms with E-state index in [4.69, 9.17) is 4.74 Å². The lowest BCUT2D eigenvalue weighted by Crippen LogP contribution is -2.57. The summed E-state index contributed by atoms with van der Waals surface area (Å²) in [6.07, 6.45) is 1.64. The fourth-order valence-electron chi connectivity index (χ4n) is 5.83. The fraction of sp³-hybridized carbons (Fsp3) is 0.250. The molecular formula is C36H35N3O4. The lowest BCUT2D eigenvalue weighted by Gasteiger charge is -2.25. The van der Waals surface area contributed by atoms with Crippen LogP contribution in [-0.2, 0) is 37.0 Å². The lowest BCUT2D eigenvalue weighted by molar-refractivity contribution is 0.324. The van der Waals surface area contributed by atoms with Gasteiger partial charge in [0.1, 0.15) is 0 Å². The number of hydrogen-bond donors (Lipinski definition) is 0. The number of hydrogen-bond acceptors (Lipinski definition) is 4. The molecule has 0 radical (unpaired) electrons. The van der Waals surface area contributed by atoms with Gasteiger partial charge in [0.25, 0.3) is 0 Å². The summed E-state index contributed by atoms with van der Waals surface area (Å²) in [5.41, 5.74) is 2.29. The topological polar surface area (TPSA) is 78.5 Å². The van der Waals surface area contributed by atoms with Crippen molar-refractivity contribution in [3.63, 3.8) is 0 Å². The molecule has 0 amide bonds. The van der Waals surface area contributed by atoms with Crippen molar-refractivity contribution < 1.29 is 4.74 Å². The Morgan fingerprint density at radius 1 is 0.512 bits per heavy atom. The molecule has 43 heavy (non-hydrogen) atoms. The average Bonchev–Trinajstić information content (AvgIpc) is 3.86. The molecule has 6 rings (SSSR count). The Morgan fingerprint density at radius 2 is 0.814 bits per heavy atom. The number of nitrogens with zero attached hydrogens (tertiary/aromatic N) is 3. The first kappa shape index (κ1) is 28.4. The van der Waals surface area contributed by atoms with Crippen LogP contribution < -0.4 is 17.1 Å². The van der Waals surface area contributed by atoms with Gasteiger partial charge in [-0.1, -0.05) is 121 Å². The van der Waals surface area contributed by atoms with E-state index < -0.39 is 29.2 Å². The first-order valence-electron chi connectivity index (χ1n) is 14.8. The van der Waals surface area contributed by atoms with Crippen molar-refractivity contribution in [1.82, 2.24) is 13.7 Å². The lowest BCUT2D eigenvalue weighted by atomic mass is 9.98. The van der Waals surface area contributed by atoms with Crippen LogP contribution in [0.25, 0.3) is 0 Å². The van der Waals surface area contributed by atoms with Crippen molar-refractivity contribution in [2.24, 2.45) is 0 Å². The molecule has 2 heterocycles. The molecule has 1 aromatic heterocycles. The van der Waals surface area contributed by atoms with Gasteiger partial charge in [-0.2, -0.15) is 0 Å². The predicted molar refractivity (Wildman–Crippen MR) is 168 cm³/mol. The Morgan fingerprint density at radius 3 is 1.09 bits per heavy atom. The van der Waals surface area contributed by atoms with E-state index in [2.05, 4.69) is 0 Å². The molecule has 1 aliphatic heterocycles. The molecule has 4 aromatic carbocycles. The van der Waals surface area contributed by atoms with Crippen molar-refractivity contribution in [3.8, 4) is 0 Å². The molecule has 1 fully saturated rings. The van der Waals surface area contributed by atoms with Gasteiger partial charge < -0.3 is 4.74 Å². The zero-order valence-corrected chi connectivity index (χ0v) is 24.0. The van der Waals surface area contributed by atoms with Crippen LogP contribution in [0.15, 0.2) is 136 Å². The summed E-state index contributed by atoms with van der Waals surface area (Å²) < 4.78 is 9.31. The van der Waals surface area contributed by atoms with Crippen LogP contribution in [0, 0.1) is 0 Å². The van der Waals surface area contributed by atoms with Gasteiger partial charge in [0.2, 0.25) is 0 Å². The van der Waals surface area contributed by atoms with Crippen molar-refractivity contribution >= 4 is 0 Å². The number of ether oxygens (including phenoxy) is 1. The summed E-state index contributed by atoms with van der Waals surface area (Å²) in [5.74, 6) is 0. The van der Waals surface area contributed by atoms with Gasteiger partial charge in [-0.05, 0) is 47.9 Å². The number of rotatable bonds is 12. The van der Waals surface area contributed by atoms with E-state index in [0.717, 1.165) is 22.3 Å². The van der Waals surface area contributed by atoms with Crippen molar-refractivity contribution in [2.45, 2.75) is 50.4 Å². The number of epoxide rings is 1. The normalized spacial score (nSPS) is 14.3. The second-order valence-electron chi connectivity index (χ2n) is 11.2. The molecule has 1 unspecified atom stereocenters. The summed E-state index contributed by atoms with van der Waals surface area (Å²) in [4.78, 5) is 42.9. The Balaban J connectivity index is 1.53. The zero-order valence-electron chi connectivity index (χ0n) is 24.0. The highest BCUT2D eigenvalue weighted by Gasteiger charge is 2.30. The fourth-order valence-corrected chi connectivity index (χ4v) is 5.83. The highest BCUT2D eigenvalue weighted by Crippen LogP contribution is 2.21. The Bertz CT molecular complexity index is 1600. The highest BCUT2D eigenvalue weighted by atomic mass is 16.6. The van der Waals surface area contributed by atoms with Crippen molar-refractivity contribution in [2.75, 3.05) is 6.61 Å². The third-order valence-corrected chi connectivity index (χ3v) is 8.06. The van der Waals surface area contributed by atoms with Gasteiger partial charge in [-0.3, -0.25) is 0 Å². The third kappa shape index (κ3) is 6.84. The maximum atomic E-state index is 14.6. The van der Waals surface area contributed by atoms with E-state index in [9.17, 15) is 14.4 Å². The predicted octanol–water partition coefficient (Wildman–Crippen LogP) is 4.62. The summed E-state index contributed by atoms with van der Waals surface area (Å²) in [5, 5.41) is 0. The van der Waals surface area contributed by atoms with Crippen LogP contribution in [0.1, 0.15) is 34.3 Å². The zero-order chi connectivity index (χ0) is 29.6. The second kappa shape index (κ2) is 13.0. The van der Waals surface area contributed by atoms with Crippen LogP contribution in [0.3, 0.4) is 0 Å². The van der Waals surface area contributed by atoms with E-state index in [1.807, 2.05) is 121 Å². The molecule has 1 aliphatic rings. The molecule has 1 atom stereocenters. The van der Waals surface area contributed by atoms with Gasteiger partial charge in [-0.25, -0.2) is 28.1 Å². The van der Waals surface area contributed by atoms with Crippen LogP contribution in [-0.4, -0.2) is 26.4 Å². The van der Waals surface area contributed by atoms with E-state index in [1.54, 1.807) is 0 Å². The summed E-state index contributed by atoms with van der Waals surface area (Å²) in [6.45, 7) is 0.602. The Kier molecular flexibility index (Phi) is 8.61. The van der Waals surface area contributed by atoms with E-state index >= 15 is 0 Å². The van der Waals surface area contributed by atoms with E-state index in [-0.39, 0.29) is 12.6 Å². The minimum Gasteiger partial charge on any atom is -0.371 e. The highest BCUT2D eigenvalue weighted by molar-refractivity contribution is 5.21. The Labute approximate surface area is 250 Å². The standard InChI is InChI=1S/C36H35N3O4/c40-34-37(25-33-26-43-33)35(41)39(32(23-29-17-9-3-10-18-29)24-30-19-11-4-12-20-30)36(42)38(34)31(21-27-13-5-1-6-14-27)22-28-15-7-2-8-16-28/h1-20,31-33H,21-26H2. The molecule has 0 bridgehead atoms. The van der Waals surface area contributed by atoms with Crippen LogP contribution >= 0.6 is 0 Å². The Hall–Kier alpha value is -4.75. The first-order valence-corrected chi connectivity index (χ1v) is 14.8. The summed E-state index contributed by atoms with van der Waals surface area (Å²) >= 11 is 0. The maximum absolute atomic E-state index is 14.6. The van der Waals surface area contributed by atoms with E-state index in [0.29, 0.717) is 32.3 Å². The largest absolute Gasteiger partial charge is 0.371 e. The smallest absolute Gasteiger partial charge is 0.336 e. The van der Waals surface area contributed by atoms with Crippen LogP contribution in [0.5, 0.6) is 0 Å². The van der Waals surface area contributed by atoms with Gasteiger partial charge >= 0.3 is 17.1 Å². The molecule has 0 spiro atoms. The quantitative estimate of drug-likeness (QED) is 0.204. The van der Waals surface area contributed by atoms with Gasteiger partial charge in [0.15, 0.2) is 0 Å². The number of benzene rings is 4. The minimum atomic E-state index is -0.586. The SMILES string of the molecule is O=c1n(CC2CO2)c(=O)n(C(Cc2ccccc2)Cc2ccccc2)c(=O)n1C(Cc1ccccc1)Cc1ccccc1. The molecule has 5 aromatic rings. The van der Waals surface area contributed by atoms with Crippen molar-refractivity contribution in [1.29, 1.82) is 0 Å².